The summed E-state index contributed by atoms with van der Waals surface area (Å²) < 4.78 is 13.8. The van der Waals surface area contributed by atoms with Crippen molar-refractivity contribution in [3.05, 3.63) is 0 Å². The van der Waals surface area contributed by atoms with Crippen molar-refractivity contribution < 1.29 is 4.39 Å². The molecule has 0 aromatic heterocycles. The largest absolute Gasteiger partial charge is 0.233 e. The van der Waals surface area contributed by atoms with E-state index in [9.17, 15) is 4.39 Å². The lowest BCUT2D eigenvalue weighted by Crippen LogP contribution is -2.47. The molecule has 15 heavy (non-hydrogen) atoms. The van der Waals surface area contributed by atoms with Gasteiger partial charge in [-0.2, -0.15) is 0 Å². The van der Waals surface area contributed by atoms with Gasteiger partial charge in [0.2, 0.25) is 0 Å². The number of thiol groups is 1. The van der Waals surface area contributed by atoms with Crippen LogP contribution in [-0.4, -0.2) is 5.00 Å². The lowest BCUT2D eigenvalue weighted by Gasteiger charge is -2.57. The first-order chi connectivity index (χ1) is 6.94. The minimum Gasteiger partial charge on any atom is -0.233 e. The Morgan fingerprint density at radius 1 is 1.13 bits per heavy atom. The van der Waals surface area contributed by atoms with Gasteiger partial charge in [0.25, 0.3) is 0 Å². The monoisotopic (exact) mass is 228 g/mol. The fourth-order valence-electron chi connectivity index (χ4n) is 5.19. The normalized spacial score (nSPS) is 51.8. The van der Waals surface area contributed by atoms with Gasteiger partial charge in [-0.05, 0) is 75.0 Å². The van der Waals surface area contributed by atoms with Gasteiger partial charge in [-0.25, -0.2) is 4.39 Å². The van der Waals surface area contributed by atoms with Crippen molar-refractivity contribution in [3.8, 4) is 0 Å². The molecule has 0 radical (unpaired) electrons. The van der Waals surface area contributed by atoms with Gasteiger partial charge >= 0.3 is 0 Å². The Hall–Kier alpha value is 0.280. The summed E-state index contributed by atoms with van der Waals surface area (Å²) in [7, 11) is 0. The van der Waals surface area contributed by atoms with Gasteiger partial charge in [0.05, 0.1) is 0 Å². The average Bonchev–Trinajstić information content (AvgIpc) is 1.94. The van der Waals surface area contributed by atoms with Gasteiger partial charge in [-0.15, -0.1) is 12.6 Å². The molecule has 4 bridgehead atoms. The SMILES string of the molecule is CC(F)(S)CC12CC3CC(CC(C3)C1)C2. The van der Waals surface area contributed by atoms with Crippen LogP contribution in [0.25, 0.3) is 0 Å². The molecule has 2 heteroatoms. The van der Waals surface area contributed by atoms with Crippen molar-refractivity contribution in [2.75, 3.05) is 0 Å². The maximum absolute atomic E-state index is 13.8. The number of hydrogen-bond acceptors (Lipinski definition) is 1. The highest BCUT2D eigenvalue weighted by Gasteiger charge is 2.52. The fraction of sp³-hybridized carbons (Fsp3) is 1.00. The molecule has 0 saturated heterocycles. The molecule has 86 valence electrons. The molecule has 0 amide bonds. The Morgan fingerprint density at radius 2 is 1.53 bits per heavy atom. The van der Waals surface area contributed by atoms with Crippen LogP contribution in [0, 0.1) is 23.2 Å². The molecule has 0 aliphatic heterocycles. The average molecular weight is 228 g/mol. The van der Waals surface area contributed by atoms with E-state index in [1.807, 2.05) is 0 Å². The van der Waals surface area contributed by atoms with Gasteiger partial charge in [0, 0.05) is 0 Å². The van der Waals surface area contributed by atoms with Gasteiger partial charge in [0.1, 0.15) is 0 Å². The molecule has 4 fully saturated rings. The van der Waals surface area contributed by atoms with Crippen LogP contribution >= 0.6 is 12.6 Å². The second kappa shape index (κ2) is 3.15. The van der Waals surface area contributed by atoms with Crippen LogP contribution in [0.4, 0.5) is 4.39 Å². The van der Waals surface area contributed by atoms with Gasteiger partial charge in [-0.3, -0.25) is 0 Å². The molecular weight excluding hydrogens is 207 g/mol. The minimum absolute atomic E-state index is 0.333. The van der Waals surface area contributed by atoms with E-state index < -0.39 is 5.00 Å². The van der Waals surface area contributed by atoms with E-state index in [4.69, 9.17) is 0 Å². The molecule has 1 unspecified atom stereocenters. The van der Waals surface area contributed by atoms with E-state index >= 15 is 0 Å². The summed E-state index contributed by atoms with van der Waals surface area (Å²) in [5, 5.41) is -1.26. The molecule has 4 aliphatic carbocycles. The van der Waals surface area contributed by atoms with Gasteiger partial charge < -0.3 is 0 Å². The highest BCUT2D eigenvalue weighted by atomic mass is 32.1. The van der Waals surface area contributed by atoms with Crippen LogP contribution in [0.3, 0.4) is 0 Å². The molecule has 4 rings (SSSR count). The van der Waals surface area contributed by atoms with E-state index in [-0.39, 0.29) is 0 Å². The highest BCUT2D eigenvalue weighted by Crippen LogP contribution is 2.62. The zero-order valence-corrected chi connectivity index (χ0v) is 10.4. The van der Waals surface area contributed by atoms with Crippen molar-refractivity contribution >= 4 is 12.6 Å². The van der Waals surface area contributed by atoms with Crippen molar-refractivity contribution in [1.29, 1.82) is 0 Å². The van der Waals surface area contributed by atoms with Crippen molar-refractivity contribution in [2.45, 2.75) is 56.9 Å². The number of hydrogen-bond donors (Lipinski definition) is 1. The molecule has 4 saturated carbocycles. The predicted molar refractivity (Wildman–Crippen MR) is 63.7 cm³/mol. The second-order valence-electron chi connectivity index (χ2n) is 6.74. The quantitative estimate of drug-likeness (QED) is 0.673. The minimum atomic E-state index is -1.26. The zero-order chi connectivity index (χ0) is 10.7. The molecular formula is C13H21FS. The maximum Gasteiger partial charge on any atom is 0.151 e. The molecule has 0 aromatic rings. The van der Waals surface area contributed by atoms with Crippen LogP contribution in [0.1, 0.15) is 51.9 Å². The Labute approximate surface area is 97.4 Å². The Bertz CT molecular complexity index is 231. The van der Waals surface area contributed by atoms with Crippen molar-refractivity contribution in [2.24, 2.45) is 23.2 Å². The lowest BCUT2D eigenvalue weighted by atomic mass is 9.48. The summed E-state index contributed by atoms with van der Waals surface area (Å²) in [6, 6.07) is 0. The maximum atomic E-state index is 13.8. The van der Waals surface area contributed by atoms with Crippen LogP contribution in [0.2, 0.25) is 0 Å². The Kier molecular flexibility index (Phi) is 2.19. The Balaban J connectivity index is 1.81. The zero-order valence-electron chi connectivity index (χ0n) is 9.51. The Morgan fingerprint density at radius 3 is 1.87 bits per heavy atom. The lowest BCUT2D eigenvalue weighted by molar-refractivity contribution is -0.0693. The van der Waals surface area contributed by atoms with Crippen molar-refractivity contribution in [3.63, 3.8) is 0 Å². The molecule has 4 aliphatic rings. The predicted octanol–water partition coefficient (Wildman–Crippen LogP) is 4.21. The molecule has 1 atom stereocenters. The summed E-state index contributed by atoms with van der Waals surface area (Å²) in [4.78, 5) is 0. The third-order valence-corrected chi connectivity index (χ3v) is 5.02. The van der Waals surface area contributed by atoms with Crippen molar-refractivity contribution in [1.82, 2.24) is 0 Å². The first-order valence-corrected chi connectivity index (χ1v) is 6.80. The third-order valence-electron chi connectivity index (χ3n) is 4.86. The van der Waals surface area contributed by atoms with Crippen LogP contribution < -0.4 is 0 Å². The summed E-state index contributed by atoms with van der Waals surface area (Å²) in [6.07, 6.45) is 8.88. The highest BCUT2D eigenvalue weighted by molar-refractivity contribution is 7.81. The standard InChI is InChI=1S/C13H21FS/c1-12(14,15)8-13-5-9-2-10(6-13)4-11(3-9)7-13/h9-11,15H,2-8H2,1H3. The van der Waals surface area contributed by atoms with Gasteiger partial charge in [0.15, 0.2) is 5.00 Å². The molecule has 0 N–H and O–H groups in total. The van der Waals surface area contributed by atoms with E-state index in [1.54, 1.807) is 6.92 Å². The van der Waals surface area contributed by atoms with E-state index in [2.05, 4.69) is 12.6 Å². The number of halogens is 1. The van der Waals surface area contributed by atoms with E-state index in [1.165, 1.54) is 38.5 Å². The number of alkyl halides is 1. The first-order valence-electron chi connectivity index (χ1n) is 6.35. The summed E-state index contributed by atoms with van der Waals surface area (Å²) in [6.45, 7) is 1.63. The summed E-state index contributed by atoms with van der Waals surface area (Å²) in [5.74, 6) is 2.77. The van der Waals surface area contributed by atoms with Crippen LogP contribution in [0.5, 0.6) is 0 Å². The molecule has 0 aromatic carbocycles. The number of rotatable bonds is 2. The third kappa shape index (κ3) is 1.94. The summed E-state index contributed by atoms with van der Waals surface area (Å²) in [5.41, 5.74) is 0.333. The van der Waals surface area contributed by atoms with E-state index in [0.717, 1.165) is 17.8 Å². The second-order valence-corrected chi connectivity index (χ2v) is 7.67. The van der Waals surface area contributed by atoms with Crippen LogP contribution in [0.15, 0.2) is 0 Å². The molecule has 0 nitrogen and oxygen atoms in total. The topological polar surface area (TPSA) is 0 Å². The van der Waals surface area contributed by atoms with E-state index in [0.29, 0.717) is 11.8 Å². The molecule has 0 spiro atoms. The smallest absolute Gasteiger partial charge is 0.151 e. The van der Waals surface area contributed by atoms with Gasteiger partial charge in [-0.1, -0.05) is 0 Å². The van der Waals surface area contributed by atoms with Crippen LogP contribution in [-0.2, 0) is 0 Å². The molecule has 0 heterocycles. The summed E-state index contributed by atoms with van der Waals surface area (Å²) >= 11 is 4.10. The first kappa shape index (κ1) is 10.4. The fourth-order valence-corrected chi connectivity index (χ4v) is 5.53.